The molecule has 0 unspecified atom stereocenters. The van der Waals surface area contributed by atoms with Crippen LogP contribution in [0.4, 0.5) is 0 Å². The number of rotatable bonds is 8. The highest BCUT2D eigenvalue weighted by atomic mass is 32.1. The Morgan fingerprint density at radius 2 is 0.882 bits per heavy atom. The van der Waals surface area contributed by atoms with Crippen molar-refractivity contribution in [3.63, 3.8) is 0 Å². The molecule has 0 radical (unpaired) electrons. The minimum atomic E-state index is 0.547. The van der Waals surface area contributed by atoms with Crippen molar-refractivity contribution >= 4 is 53.3 Å². The molecule has 0 saturated heterocycles. The summed E-state index contributed by atoms with van der Waals surface area (Å²) in [6, 6.07) is 81.2. The highest BCUT2D eigenvalue weighted by Crippen LogP contribution is 2.46. The molecule has 0 amide bonds. The van der Waals surface area contributed by atoms with Crippen molar-refractivity contribution in [2.24, 2.45) is 0 Å². The van der Waals surface area contributed by atoms with Gasteiger partial charge in [0.2, 0.25) is 0 Å². The molecule has 13 rings (SSSR count). The zero-order chi connectivity index (χ0) is 45.0. The summed E-state index contributed by atoms with van der Waals surface area (Å²) in [5, 5.41) is 4.91. The van der Waals surface area contributed by atoms with Crippen molar-refractivity contribution < 1.29 is 0 Å². The van der Waals surface area contributed by atoms with Crippen molar-refractivity contribution in [3.05, 3.63) is 237 Å². The second-order valence-electron chi connectivity index (χ2n) is 17.0. The van der Waals surface area contributed by atoms with Gasteiger partial charge in [0, 0.05) is 70.6 Å². The number of hydrogen-bond donors (Lipinski definition) is 0. The second-order valence-corrected chi connectivity index (χ2v) is 18.1. The molecule has 13 aromatic rings. The fourth-order valence-corrected chi connectivity index (χ4v) is 10.8. The van der Waals surface area contributed by atoms with Gasteiger partial charge in [0.1, 0.15) is 0 Å². The lowest BCUT2D eigenvalue weighted by atomic mass is 9.90. The minimum absolute atomic E-state index is 0.547. The maximum absolute atomic E-state index is 5.47. The number of nitrogens with zero attached hydrogens (tertiary/aromatic N) is 5. The van der Waals surface area contributed by atoms with Crippen LogP contribution in [-0.4, -0.2) is 24.5 Å². The number of hydrogen-bond acceptors (Lipinski definition) is 5. The standard InChI is InChI=1S/C62H39N5S/c1-6-18-40(19-7-1)44-30-32-48(41-20-8-2-9-21-41)50(36-44)46-38-52(62-65-60(42-22-10-3-11-23-42)64-61(66-62)43-24-12-4-13-25-43)59(63-39-46)45-31-34-55-51(37-45)58-56(68-55)35-33-54-57(58)49-28-16-17-29-53(49)67(54)47-26-14-5-15-27-47/h1-39H. The molecule has 0 fully saturated rings. The predicted molar refractivity (Wildman–Crippen MR) is 283 cm³/mol. The molecule has 4 heterocycles. The SMILES string of the molecule is c1ccc(-c2ccc(-c3ccccc3)c(-c3cnc(-c4ccc5sc6ccc7c(c8ccccc8n7-c7ccccc7)c6c5c4)c(-c4nc(-c5ccccc5)nc(-c5ccccc5)n4)c3)c2)cc1. The summed E-state index contributed by atoms with van der Waals surface area (Å²) < 4.78 is 4.85. The van der Waals surface area contributed by atoms with E-state index in [1.165, 1.54) is 42.0 Å². The van der Waals surface area contributed by atoms with E-state index in [0.717, 1.165) is 67.0 Å². The Bertz CT molecular complexity index is 3940. The van der Waals surface area contributed by atoms with Gasteiger partial charge in [-0.25, -0.2) is 15.0 Å². The summed E-state index contributed by atoms with van der Waals surface area (Å²) >= 11 is 1.83. The molecule has 5 nitrogen and oxygen atoms in total. The van der Waals surface area contributed by atoms with Crippen LogP contribution in [0.3, 0.4) is 0 Å². The van der Waals surface area contributed by atoms with Crippen LogP contribution in [0.2, 0.25) is 0 Å². The van der Waals surface area contributed by atoms with Crippen molar-refractivity contribution in [1.29, 1.82) is 0 Å². The number of para-hydroxylation sites is 2. The van der Waals surface area contributed by atoms with Crippen LogP contribution in [0.25, 0.3) is 126 Å². The molecule has 0 atom stereocenters. The molecule has 0 aliphatic carbocycles. The highest BCUT2D eigenvalue weighted by molar-refractivity contribution is 7.26. The van der Waals surface area contributed by atoms with Gasteiger partial charge < -0.3 is 4.57 Å². The predicted octanol–water partition coefficient (Wildman–Crippen LogP) is 16.4. The van der Waals surface area contributed by atoms with Crippen molar-refractivity contribution in [1.82, 2.24) is 24.5 Å². The van der Waals surface area contributed by atoms with Gasteiger partial charge in [0.05, 0.1) is 16.7 Å². The zero-order valence-electron chi connectivity index (χ0n) is 36.7. The first-order valence-corrected chi connectivity index (χ1v) is 23.6. The van der Waals surface area contributed by atoms with Gasteiger partial charge in [-0.15, -0.1) is 11.3 Å². The molecule has 0 bridgehead atoms. The van der Waals surface area contributed by atoms with Crippen LogP contribution in [0.1, 0.15) is 0 Å². The maximum atomic E-state index is 5.47. The van der Waals surface area contributed by atoms with Gasteiger partial charge in [-0.05, 0) is 82.4 Å². The quantitative estimate of drug-likeness (QED) is 0.153. The van der Waals surface area contributed by atoms with Crippen LogP contribution < -0.4 is 0 Å². The summed E-state index contributed by atoms with van der Waals surface area (Å²) in [6.07, 6.45) is 2.02. The lowest BCUT2D eigenvalue weighted by Crippen LogP contribution is -2.02. The number of aromatic nitrogens is 5. The highest BCUT2D eigenvalue weighted by Gasteiger charge is 2.22. The first-order chi connectivity index (χ1) is 33.7. The van der Waals surface area contributed by atoms with Crippen molar-refractivity contribution in [2.75, 3.05) is 0 Å². The van der Waals surface area contributed by atoms with E-state index in [9.17, 15) is 0 Å². The maximum Gasteiger partial charge on any atom is 0.166 e. The third-order valence-corrected chi connectivity index (χ3v) is 14.0. The molecule has 68 heavy (non-hydrogen) atoms. The lowest BCUT2D eigenvalue weighted by Gasteiger charge is -2.16. The molecule has 0 aliphatic heterocycles. The molecule has 0 N–H and O–H groups in total. The van der Waals surface area contributed by atoms with E-state index in [1.54, 1.807) is 0 Å². The van der Waals surface area contributed by atoms with E-state index in [4.69, 9.17) is 19.9 Å². The Labute approximate surface area is 397 Å². The van der Waals surface area contributed by atoms with E-state index in [2.05, 4.69) is 199 Å². The Kier molecular flexibility index (Phi) is 9.62. The smallest absolute Gasteiger partial charge is 0.166 e. The van der Waals surface area contributed by atoms with Crippen LogP contribution in [-0.2, 0) is 0 Å². The summed E-state index contributed by atoms with van der Waals surface area (Å²) in [7, 11) is 0. The fourth-order valence-electron chi connectivity index (χ4n) is 9.73. The molecular formula is C62H39N5S. The number of fused-ring (bicyclic) bond motifs is 7. The van der Waals surface area contributed by atoms with Crippen LogP contribution in [0.5, 0.6) is 0 Å². The Hall–Kier alpha value is -8.84. The summed E-state index contributed by atoms with van der Waals surface area (Å²) in [4.78, 5) is 21.2. The van der Waals surface area contributed by atoms with E-state index in [1.807, 2.05) is 53.9 Å². The van der Waals surface area contributed by atoms with Crippen LogP contribution >= 0.6 is 11.3 Å². The number of benzene rings is 9. The van der Waals surface area contributed by atoms with Gasteiger partial charge in [-0.3, -0.25) is 4.98 Å². The zero-order valence-corrected chi connectivity index (χ0v) is 37.5. The van der Waals surface area contributed by atoms with E-state index in [0.29, 0.717) is 17.5 Å². The molecular weight excluding hydrogens is 847 g/mol. The molecule has 0 spiro atoms. The fraction of sp³-hybridized carbons (Fsp3) is 0. The Morgan fingerprint density at radius 1 is 0.324 bits per heavy atom. The van der Waals surface area contributed by atoms with E-state index < -0.39 is 0 Å². The summed E-state index contributed by atoms with van der Waals surface area (Å²) in [6.45, 7) is 0. The molecule has 318 valence electrons. The first kappa shape index (κ1) is 39.5. The Morgan fingerprint density at radius 3 is 1.57 bits per heavy atom. The molecule has 0 saturated carbocycles. The van der Waals surface area contributed by atoms with Crippen LogP contribution in [0.15, 0.2) is 237 Å². The number of thiophene rings is 1. The topological polar surface area (TPSA) is 56.5 Å². The second kappa shape index (κ2) is 16.5. The van der Waals surface area contributed by atoms with E-state index >= 15 is 0 Å². The van der Waals surface area contributed by atoms with Gasteiger partial charge in [-0.1, -0.05) is 176 Å². The molecule has 6 heteroatoms. The average molecular weight is 886 g/mol. The van der Waals surface area contributed by atoms with E-state index in [-0.39, 0.29) is 0 Å². The van der Waals surface area contributed by atoms with Gasteiger partial charge in [0.15, 0.2) is 17.5 Å². The third-order valence-electron chi connectivity index (χ3n) is 12.9. The van der Waals surface area contributed by atoms with Crippen molar-refractivity contribution in [2.45, 2.75) is 0 Å². The van der Waals surface area contributed by atoms with Gasteiger partial charge >= 0.3 is 0 Å². The number of pyridine rings is 1. The molecule has 9 aromatic carbocycles. The monoisotopic (exact) mass is 885 g/mol. The Balaban J connectivity index is 1.08. The molecule has 4 aromatic heterocycles. The van der Waals surface area contributed by atoms with Gasteiger partial charge in [-0.2, -0.15) is 0 Å². The largest absolute Gasteiger partial charge is 0.309 e. The van der Waals surface area contributed by atoms with Crippen LogP contribution in [0, 0.1) is 0 Å². The van der Waals surface area contributed by atoms with Crippen molar-refractivity contribution in [3.8, 4) is 84.5 Å². The third kappa shape index (κ3) is 6.86. The normalized spacial score (nSPS) is 11.5. The lowest BCUT2D eigenvalue weighted by molar-refractivity contribution is 1.07. The van der Waals surface area contributed by atoms with Gasteiger partial charge in [0.25, 0.3) is 0 Å². The first-order valence-electron chi connectivity index (χ1n) is 22.8. The molecule has 0 aliphatic rings. The minimum Gasteiger partial charge on any atom is -0.309 e. The summed E-state index contributed by atoms with van der Waals surface area (Å²) in [5.74, 6) is 1.74. The average Bonchev–Trinajstić information content (AvgIpc) is 3.97. The summed E-state index contributed by atoms with van der Waals surface area (Å²) in [5.41, 5.74) is 14.4.